The first-order chi connectivity index (χ1) is 11.3. The van der Waals surface area contributed by atoms with Crippen LogP contribution in [0.15, 0.2) is 52.4 Å². The number of aromatic nitrogens is 2. The van der Waals surface area contributed by atoms with Crippen molar-refractivity contribution in [2.24, 2.45) is 5.18 Å². The van der Waals surface area contributed by atoms with Gasteiger partial charge in [0.1, 0.15) is 11.7 Å². The van der Waals surface area contributed by atoms with Crippen LogP contribution in [0.25, 0.3) is 22.6 Å². The number of rotatable bonds is 3. The molecule has 6 heteroatoms. The molecule has 114 valence electrons. The number of nitroso groups, excluding NO2 is 1. The fraction of sp³-hybridized carbons (Fsp3) is 0.176. The summed E-state index contributed by atoms with van der Waals surface area (Å²) in [5, 5.41) is 3.20. The Morgan fingerprint density at radius 1 is 1.26 bits per heavy atom. The summed E-state index contributed by atoms with van der Waals surface area (Å²) in [6, 6.07) is 9.51. The lowest BCUT2D eigenvalue weighted by Crippen LogP contribution is -1.95. The van der Waals surface area contributed by atoms with Crippen molar-refractivity contribution in [3.05, 3.63) is 58.8 Å². The fourth-order valence-electron chi connectivity index (χ4n) is 3.11. The number of nitrogens with zero attached hydrogens (tertiary/aromatic N) is 3. The third-order valence-corrected chi connectivity index (χ3v) is 4.20. The molecule has 3 aromatic rings. The van der Waals surface area contributed by atoms with E-state index in [1.54, 1.807) is 18.5 Å². The lowest BCUT2D eigenvalue weighted by Gasteiger charge is -2.07. The first kappa shape index (κ1) is 13.6. The van der Waals surface area contributed by atoms with Crippen LogP contribution in [0, 0.1) is 4.91 Å². The highest BCUT2D eigenvalue weighted by Gasteiger charge is 2.24. The molecule has 0 saturated heterocycles. The van der Waals surface area contributed by atoms with E-state index in [0.29, 0.717) is 11.5 Å². The average molecular weight is 306 g/mol. The molecule has 1 atom stereocenters. The zero-order valence-corrected chi connectivity index (χ0v) is 12.3. The Labute approximate surface area is 132 Å². The molecule has 2 N–H and O–H groups in total. The molecule has 4 rings (SSSR count). The van der Waals surface area contributed by atoms with Crippen molar-refractivity contribution in [3.8, 4) is 22.6 Å². The minimum absolute atomic E-state index is 0.207. The van der Waals surface area contributed by atoms with Crippen molar-refractivity contribution in [2.75, 3.05) is 5.73 Å². The minimum atomic E-state index is -0.218. The minimum Gasteiger partial charge on any atom is -0.462 e. The Morgan fingerprint density at radius 2 is 2.17 bits per heavy atom. The van der Waals surface area contributed by atoms with Crippen molar-refractivity contribution < 1.29 is 4.42 Å². The van der Waals surface area contributed by atoms with Crippen LogP contribution in [0.5, 0.6) is 0 Å². The van der Waals surface area contributed by atoms with Crippen LogP contribution in [-0.4, -0.2) is 9.97 Å². The molecule has 0 radical (unpaired) electrons. The topological polar surface area (TPSA) is 94.4 Å². The second-order valence-electron chi connectivity index (χ2n) is 5.54. The third kappa shape index (κ3) is 2.28. The molecule has 2 heterocycles. The predicted octanol–water partition coefficient (Wildman–Crippen LogP) is 3.74. The van der Waals surface area contributed by atoms with Gasteiger partial charge in [-0.15, -0.1) is 0 Å². The Morgan fingerprint density at radius 3 is 3.00 bits per heavy atom. The number of fused-ring (bicyclic) bond motifs is 1. The number of furan rings is 1. The van der Waals surface area contributed by atoms with E-state index in [1.807, 2.05) is 18.2 Å². The van der Waals surface area contributed by atoms with Crippen molar-refractivity contribution in [2.45, 2.75) is 18.9 Å². The first-order valence-electron chi connectivity index (χ1n) is 7.38. The lowest BCUT2D eigenvalue weighted by molar-refractivity contribution is 0.580. The van der Waals surface area contributed by atoms with E-state index < -0.39 is 0 Å². The van der Waals surface area contributed by atoms with Crippen LogP contribution >= 0.6 is 0 Å². The molecule has 1 aliphatic carbocycles. The van der Waals surface area contributed by atoms with Crippen LogP contribution in [0.1, 0.15) is 23.6 Å². The second kappa shape index (κ2) is 5.31. The Kier molecular flexibility index (Phi) is 3.15. The summed E-state index contributed by atoms with van der Waals surface area (Å²) < 4.78 is 5.61. The number of hydrogen-bond acceptors (Lipinski definition) is 6. The first-order valence-corrected chi connectivity index (χ1v) is 7.38. The van der Waals surface area contributed by atoms with Gasteiger partial charge >= 0.3 is 0 Å². The van der Waals surface area contributed by atoms with E-state index >= 15 is 0 Å². The molecule has 0 spiro atoms. The highest BCUT2D eigenvalue weighted by atomic mass is 16.3. The number of aryl methyl sites for hydroxylation is 1. The van der Waals surface area contributed by atoms with Gasteiger partial charge in [-0.2, -0.15) is 4.91 Å². The summed E-state index contributed by atoms with van der Waals surface area (Å²) in [7, 11) is 0. The molecule has 0 saturated carbocycles. The molecule has 0 fully saturated rings. The van der Waals surface area contributed by atoms with Crippen LogP contribution < -0.4 is 5.73 Å². The summed E-state index contributed by atoms with van der Waals surface area (Å²) in [4.78, 5) is 19.0. The Hall–Kier alpha value is -3.02. The van der Waals surface area contributed by atoms with Crippen molar-refractivity contribution >= 4 is 5.95 Å². The van der Waals surface area contributed by atoms with Gasteiger partial charge in [0.15, 0.2) is 5.76 Å². The molecule has 1 aliphatic rings. The standard InChI is InChI=1S/C17H14N4O2/c18-17-19-7-5-15(20-17)16-13(6-8-23-16)11-1-3-12-10(9-11)2-4-14(12)21-22/h1,3,5-9,14H,2,4H2,(H2,18,19,20). The van der Waals surface area contributed by atoms with Crippen LogP contribution in [0.4, 0.5) is 5.95 Å². The van der Waals surface area contributed by atoms with E-state index in [4.69, 9.17) is 10.2 Å². The summed E-state index contributed by atoms with van der Waals surface area (Å²) in [5.74, 6) is 0.862. The molecule has 1 aromatic carbocycles. The van der Waals surface area contributed by atoms with Gasteiger partial charge in [0, 0.05) is 11.8 Å². The summed E-state index contributed by atoms with van der Waals surface area (Å²) in [6.07, 6.45) is 4.88. The Balaban J connectivity index is 1.79. The smallest absolute Gasteiger partial charge is 0.220 e. The molecular weight excluding hydrogens is 292 g/mol. The molecule has 2 aromatic heterocycles. The van der Waals surface area contributed by atoms with Gasteiger partial charge in [0.05, 0.1) is 6.26 Å². The SMILES string of the molecule is Nc1nccc(-c2occc2-c2ccc3c(c2)CCC3N=O)n1. The number of benzene rings is 1. The average Bonchev–Trinajstić information content (AvgIpc) is 3.21. The van der Waals surface area contributed by atoms with Gasteiger partial charge in [-0.25, -0.2) is 9.97 Å². The molecule has 1 unspecified atom stereocenters. The van der Waals surface area contributed by atoms with E-state index in [2.05, 4.69) is 21.2 Å². The maximum Gasteiger partial charge on any atom is 0.220 e. The number of anilines is 1. The van der Waals surface area contributed by atoms with Gasteiger partial charge in [0.2, 0.25) is 5.95 Å². The van der Waals surface area contributed by atoms with Crippen LogP contribution in [0.2, 0.25) is 0 Å². The molecular formula is C17H14N4O2. The normalized spacial score (nSPS) is 16.3. The molecule has 0 aliphatic heterocycles. The number of nitrogens with two attached hydrogens (primary N) is 1. The molecule has 6 nitrogen and oxygen atoms in total. The van der Waals surface area contributed by atoms with Gasteiger partial charge < -0.3 is 10.2 Å². The quantitative estimate of drug-likeness (QED) is 0.744. The predicted molar refractivity (Wildman–Crippen MR) is 86.4 cm³/mol. The largest absolute Gasteiger partial charge is 0.462 e. The third-order valence-electron chi connectivity index (χ3n) is 4.20. The summed E-state index contributed by atoms with van der Waals surface area (Å²) in [6.45, 7) is 0. The molecule has 0 amide bonds. The number of hydrogen-bond donors (Lipinski definition) is 1. The highest BCUT2D eigenvalue weighted by Crippen LogP contribution is 2.38. The van der Waals surface area contributed by atoms with Gasteiger partial charge in [-0.05, 0) is 41.7 Å². The van der Waals surface area contributed by atoms with Crippen LogP contribution in [0.3, 0.4) is 0 Å². The Bertz CT molecular complexity index is 888. The van der Waals surface area contributed by atoms with E-state index in [-0.39, 0.29) is 12.0 Å². The second-order valence-corrected chi connectivity index (χ2v) is 5.54. The zero-order valence-electron chi connectivity index (χ0n) is 12.3. The maximum atomic E-state index is 10.9. The molecule has 0 bridgehead atoms. The van der Waals surface area contributed by atoms with Gasteiger partial charge in [0.25, 0.3) is 0 Å². The van der Waals surface area contributed by atoms with E-state index in [0.717, 1.165) is 29.5 Å². The van der Waals surface area contributed by atoms with Crippen molar-refractivity contribution in [1.29, 1.82) is 0 Å². The summed E-state index contributed by atoms with van der Waals surface area (Å²) in [5.41, 5.74) is 10.5. The fourth-order valence-corrected chi connectivity index (χ4v) is 3.11. The molecule has 23 heavy (non-hydrogen) atoms. The monoisotopic (exact) mass is 306 g/mol. The van der Waals surface area contributed by atoms with Gasteiger partial charge in [-0.1, -0.05) is 23.4 Å². The zero-order chi connectivity index (χ0) is 15.8. The maximum absolute atomic E-state index is 10.9. The highest BCUT2D eigenvalue weighted by molar-refractivity contribution is 5.79. The van der Waals surface area contributed by atoms with E-state index in [1.165, 1.54) is 5.56 Å². The van der Waals surface area contributed by atoms with Gasteiger partial charge in [-0.3, -0.25) is 0 Å². The summed E-state index contributed by atoms with van der Waals surface area (Å²) >= 11 is 0. The van der Waals surface area contributed by atoms with Crippen molar-refractivity contribution in [1.82, 2.24) is 9.97 Å². The van der Waals surface area contributed by atoms with Crippen molar-refractivity contribution in [3.63, 3.8) is 0 Å². The lowest BCUT2D eigenvalue weighted by atomic mass is 9.99. The number of nitrogen functional groups attached to an aromatic ring is 1. The van der Waals surface area contributed by atoms with Crippen LogP contribution in [-0.2, 0) is 6.42 Å². The van der Waals surface area contributed by atoms with E-state index in [9.17, 15) is 4.91 Å².